The fourth-order valence-electron chi connectivity index (χ4n) is 3.20. The lowest BCUT2D eigenvalue weighted by molar-refractivity contribution is -0.147. The molecular formula is C17H20F3NO3. The van der Waals surface area contributed by atoms with Gasteiger partial charge in [-0.25, -0.2) is 0 Å². The highest BCUT2D eigenvalue weighted by atomic mass is 19.4. The summed E-state index contributed by atoms with van der Waals surface area (Å²) in [5.74, 6) is -0.224. The summed E-state index contributed by atoms with van der Waals surface area (Å²) in [6.45, 7) is 2.49. The second kappa shape index (κ2) is 6.37. The zero-order chi connectivity index (χ0) is 17.5. The van der Waals surface area contributed by atoms with E-state index in [0.29, 0.717) is 19.6 Å². The number of hydrogen-bond acceptors (Lipinski definition) is 3. The molecule has 7 heteroatoms. The molecule has 0 spiro atoms. The minimum atomic E-state index is -4.35. The highest BCUT2D eigenvalue weighted by Crippen LogP contribution is 2.49. The molecule has 1 heterocycles. The van der Waals surface area contributed by atoms with Gasteiger partial charge in [-0.1, -0.05) is 12.1 Å². The molecule has 0 radical (unpaired) electrons. The van der Waals surface area contributed by atoms with Crippen LogP contribution in [0.15, 0.2) is 24.3 Å². The van der Waals surface area contributed by atoms with Crippen molar-refractivity contribution in [1.29, 1.82) is 0 Å². The van der Waals surface area contributed by atoms with Crippen molar-refractivity contribution in [3.8, 4) is 0 Å². The lowest BCUT2D eigenvalue weighted by Gasteiger charge is -2.37. The number of alkyl halides is 3. The molecular weight excluding hydrogens is 323 g/mol. The molecule has 4 nitrogen and oxygen atoms in total. The van der Waals surface area contributed by atoms with Crippen LogP contribution in [0.25, 0.3) is 0 Å². The molecule has 1 saturated carbocycles. The Bertz CT molecular complexity index is 602. The van der Waals surface area contributed by atoms with Gasteiger partial charge in [0.15, 0.2) is 0 Å². The summed E-state index contributed by atoms with van der Waals surface area (Å²) < 4.78 is 43.2. The van der Waals surface area contributed by atoms with Crippen LogP contribution in [0, 0.1) is 5.92 Å². The summed E-state index contributed by atoms with van der Waals surface area (Å²) in [7, 11) is 0. The van der Waals surface area contributed by atoms with E-state index in [9.17, 15) is 23.1 Å². The van der Waals surface area contributed by atoms with Crippen LogP contribution in [0.3, 0.4) is 0 Å². The molecule has 4 unspecified atom stereocenters. The predicted molar refractivity (Wildman–Crippen MR) is 80.3 cm³/mol. The van der Waals surface area contributed by atoms with Gasteiger partial charge in [0.05, 0.1) is 30.9 Å². The number of aliphatic hydroxyl groups excluding tert-OH is 1. The molecule has 1 aliphatic carbocycles. The summed E-state index contributed by atoms with van der Waals surface area (Å²) in [5, 5.41) is 9.20. The monoisotopic (exact) mass is 343 g/mol. The van der Waals surface area contributed by atoms with Gasteiger partial charge in [0, 0.05) is 12.5 Å². The molecule has 0 bridgehead atoms. The molecule has 3 rings (SSSR count). The summed E-state index contributed by atoms with van der Waals surface area (Å²) >= 11 is 0. The minimum absolute atomic E-state index is 0.00542. The number of amides is 1. The zero-order valence-corrected chi connectivity index (χ0v) is 13.3. The number of rotatable bonds is 3. The van der Waals surface area contributed by atoms with Gasteiger partial charge >= 0.3 is 6.18 Å². The van der Waals surface area contributed by atoms with Crippen LogP contribution >= 0.6 is 0 Å². The Morgan fingerprint density at radius 3 is 2.58 bits per heavy atom. The van der Waals surface area contributed by atoms with Gasteiger partial charge in [0.2, 0.25) is 5.91 Å². The van der Waals surface area contributed by atoms with E-state index in [1.807, 2.05) is 6.92 Å². The van der Waals surface area contributed by atoms with E-state index in [-0.39, 0.29) is 36.5 Å². The third kappa shape index (κ3) is 3.42. The lowest BCUT2D eigenvalue weighted by Crippen LogP contribution is -2.52. The van der Waals surface area contributed by atoms with Gasteiger partial charge in [-0.2, -0.15) is 13.2 Å². The highest BCUT2D eigenvalue weighted by Gasteiger charge is 2.47. The molecule has 1 saturated heterocycles. The van der Waals surface area contributed by atoms with Crippen LogP contribution in [-0.2, 0) is 15.7 Å². The maximum absolute atomic E-state index is 12.7. The molecule has 2 fully saturated rings. The Hall–Kier alpha value is -1.60. The van der Waals surface area contributed by atoms with Gasteiger partial charge in [0.25, 0.3) is 0 Å². The van der Waals surface area contributed by atoms with Crippen LogP contribution in [0.4, 0.5) is 13.2 Å². The second-order valence-electron chi connectivity index (χ2n) is 6.55. The smallest absolute Gasteiger partial charge is 0.394 e. The van der Waals surface area contributed by atoms with Crippen molar-refractivity contribution in [2.24, 2.45) is 5.92 Å². The summed E-state index contributed by atoms with van der Waals surface area (Å²) in [6, 6.07) is 4.98. The van der Waals surface area contributed by atoms with Crippen molar-refractivity contribution >= 4 is 5.91 Å². The molecule has 1 amide bonds. The van der Waals surface area contributed by atoms with E-state index in [1.165, 1.54) is 12.1 Å². The van der Waals surface area contributed by atoms with E-state index in [0.717, 1.165) is 17.7 Å². The highest BCUT2D eigenvalue weighted by molar-refractivity contribution is 5.83. The SMILES string of the molecule is CC1COC(CO)CN1C(=O)C1CC1c1ccc(C(F)(F)F)cc1. The summed E-state index contributed by atoms with van der Waals surface area (Å²) in [6.07, 6.45) is -4.06. The Kier molecular flexibility index (Phi) is 4.57. The zero-order valence-electron chi connectivity index (χ0n) is 13.3. The quantitative estimate of drug-likeness (QED) is 0.917. The van der Waals surface area contributed by atoms with Crippen LogP contribution in [-0.4, -0.2) is 47.8 Å². The van der Waals surface area contributed by atoms with Gasteiger partial charge in [-0.3, -0.25) is 4.79 Å². The number of carbonyl (C=O) groups excluding carboxylic acids is 1. The third-order valence-electron chi connectivity index (χ3n) is 4.77. The fourth-order valence-corrected chi connectivity index (χ4v) is 3.20. The van der Waals surface area contributed by atoms with Gasteiger partial charge in [0.1, 0.15) is 0 Å². The average Bonchev–Trinajstić information content (AvgIpc) is 3.35. The topological polar surface area (TPSA) is 49.8 Å². The average molecular weight is 343 g/mol. The van der Waals surface area contributed by atoms with Gasteiger partial charge in [-0.05, 0) is 37.0 Å². The minimum Gasteiger partial charge on any atom is -0.394 e. The Morgan fingerprint density at radius 2 is 2.00 bits per heavy atom. The van der Waals surface area contributed by atoms with E-state index in [4.69, 9.17) is 4.74 Å². The molecule has 132 valence electrons. The first-order valence-electron chi connectivity index (χ1n) is 8.01. The van der Waals surface area contributed by atoms with E-state index in [2.05, 4.69) is 0 Å². The number of nitrogens with zero attached hydrogens (tertiary/aromatic N) is 1. The first-order valence-corrected chi connectivity index (χ1v) is 8.01. The van der Waals surface area contributed by atoms with Gasteiger partial charge < -0.3 is 14.7 Å². The van der Waals surface area contributed by atoms with E-state index < -0.39 is 11.7 Å². The molecule has 4 atom stereocenters. The van der Waals surface area contributed by atoms with Gasteiger partial charge in [-0.15, -0.1) is 0 Å². The second-order valence-corrected chi connectivity index (χ2v) is 6.55. The predicted octanol–water partition coefficient (Wildman–Crippen LogP) is 2.42. The summed E-state index contributed by atoms with van der Waals surface area (Å²) in [5.41, 5.74) is 0.0864. The molecule has 1 aromatic rings. The lowest BCUT2D eigenvalue weighted by atomic mass is 10.1. The van der Waals surface area contributed by atoms with Crippen LogP contribution in [0.5, 0.6) is 0 Å². The molecule has 2 aliphatic rings. The van der Waals surface area contributed by atoms with Crippen LogP contribution < -0.4 is 0 Å². The number of morpholine rings is 1. The number of ether oxygens (including phenoxy) is 1. The maximum Gasteiger partial charge on any atom is 0.416 e. The normalized spacial score (nSPS) is 30.3. The molecule has 0 aromatic heterocycles. The number of benzene rings is 1. The van der Waals surface area contributed by atoms with Crippen molar-refractivity contribution < 1.29 is 27.8 Å². The van der Waals surface area contributed by atoms with Crippen molar-refractivity contribution in [3.63, 3.8) is 0 Å². The number of carbonyl (C=O) groups is 1. The summed E-state index contributed by atoms with van der Waals surface area (Å²) in [4.78, 5) is 14.4. The van der Waals surface area contributed by atoms with Crippen molar-refractivity contribution in [2.75, 3.05) is 19.8 Å². The number of hydrogen-bond donors (Lipinski definition) is 1. The Labute approximate surface area is 138 Å². The Morgan fingerprint density at radius 1 is 1.33 bits per heavy atom. The number of halogens is 3. The van der Waals surface area contributed by atoms with Crippen LogP contribution in [0.2, 0.25) is 0 Å². The van der Waals surface area contributed by atoms with E-state index >= 15 is 0 Å². The largest absolute Gasteiger partial charge is 0.416 e. The van der Waals surface area contributed by atoms with Crippen LogP contribution in [0.1, 0.15) is 30.4 Å². The van der Waals surface area contributed by atoms with Crippen molar-refractivity contribution in [3.05, 3.63) is 35.4 Å². The van der Waals surface area contributed by atoms with E-state index in [1.54, 1.807) is 4.90 Å². The molecule has 24 heavy (non-hydrogen) atoms. The van der Waals surface area contributed by atoms with Crippen molar-refractivity contribution in [2.45, 2.75) is 37.6 Å². The molecule has 1 N–H and O–H groups in total. The molecule has 1 aromatic carbocycles. The van der Waals surface area contributed by atoms with Crippen molar-refractivity contribution in [1.82, 2.24) is 4.90 Å². The molecule has 1 aliphatic heterocycles. The fraction of sp³-hybridized carbons (Fsp3) is 0.588. The first-order chi connectivity index (χ1) is 11.3. The number of aliphatic hydroxyl groups is 1. The first kappa shape index (κ1) is 17.2. The third-order valence-corrected chi connectivity index (χ3v) is 4.77. The maximum atomic E-state index is 12.7. The standard InChI is InChI=1S/C17H20F3NO3/c1-10-9-24-13(8-22)7-21(10)16(23)15-6-14(15)11-2-4-12(5-3-11)17(18,19)20/h2-5,10,13-15,22H,6-9H2,1H3. The Balaban J connectivity index is 1.65.